The van der Waals surface area contributed by atoms with Crippen LogP contribution < -0.4 is 0 Å². The largest absolute Gasteiger partial charge is 0.462 e. The molecule has 0 fully saturated rings. The lowest BCUT2D eigenvalue weighted by Gasteiger charge is -2.18. The molecule has 6 heteroatoms. The molecule has 0 aliphatic carbocycles. The van der Waals surface area contributed by atoms with Crippen LogP contribution >= 0.6 is 0 Å². The van der Waals surface area contributed by atoms with Gasteiger partial charge in [-0.05, 0) is 154 Å². The molecular formula is C77H120O6. The van der Waals surface area contributed by atoms with Crippen molar-refractivity contribution in [3.63, 3.8) is 0 Å². The van der Waals surface area contributed by atoms with Gasteiger partial charge >= 0.3 is 17.9 Å². The maximum atomic E-state index is 12.9. The van der Waals surface area contributed by atoms with Gasteiger partial charge in [-0.15, -0.1) is 0 Å². The molecule has 83 heavy (non-hydrogen) atoms. The SMILES string of the molecule is CC/C=C\C/C=C\C/C=C\C/C=C\C/C=C\C/C=C\C/C=C\C/C=C\CCCCCCCCCCC(=O)OCC(COC(=O)CCCCCCC/C=C\CCCC)OC(=O)CCCC/C=C\C/C=C\C/C=C\C/C=C\C/C=C\C/C=C\CC. The molecular weight excluding hydrogens is 1020 g/mol. The highest BCUT2D eigenvalue weighted by Gasteiger charge is 2.19. The summed E-state index contributed by atoms with van der Waals surface area (Å²) >= 11 is 0. The van der Waals surface area contributed by atoms with Crippen LogP contribution in [0.1, 0.15) is 265 Å². The molecule has 0 rings (SSSR count). The van der Waals surface area contributed by atoms with Crippen molar-refractivity contribution in [2.24, 2.45) is 0 Å². The van der Waals surface area contributed by atoms with Gasteiger partial charge in [-0.2, -0.15) is 0 Å². The van der Waals surface area contributed by atoms with E-state index in [9.17, 15) is 14.4 Å². The Morgan fingerprint density at radius 2 is 0.470 bits per heavy atom. The predicted octanol–water partition coefficient (Wildman–Crippen LogP) is 23.2. The van der Waals surface area contributed by atoms with E-state index in [2.05, 4.69) is 203 Å². The molecule has 0 bridgehead atoms. The highest BCUT2D eigenvalue weighted by Crippen LogP contribution is 2.14. The molecule has 1 unspecified atom stereocenters. The van der Waals surface area contributed by atoms with Crippen LogP contribution in [-0.2, 0) is 28.6 Å². The second-order valence-electron chi connectivity index (χ2n) is 21.3. The first-order chi connectivity index (χ1) is 41.0. The van der Waals surface area contributed by atoms with E-state index in [-0.39, 0.29) is 37.5 Å². The van der Waals surface area contributed by atoms with Gasteiger partial charge in [0.1, 0.15) is 13.2 Å². The minimum atomic E-state index is -0.818. The summed E-state index contributed by atoms with van der Waals surface area (Å²) in [4.78, 5) is 38.3. The zero-order valence-electron chi connectivity index (χ0n) is 53.1. The van der Waals surface area contributed by atoms with Crippen LogP contribution in [0.15, 0.2) is 182 Å². The number of hydrogen-bond donors (Lipinski definition) is 0. The normalized spacial score (nSPS) is 13.3. The van der Waals surface area contributed by atoms with Crippen LogP contribution in [0.3, 0.4) is 0 Å². The number of ether oxygens (including phenoxy) is 3. The highest BCUT2D eigenvalue weighted by atomic mass is 16.6. The van der Waals surface area contributed by atoms with Crippen molar-refractivity contribution in [2.75, 3.05) is 13.2 Å². The molecule has 0 aliphatic rings. The summed E-state index contributed by atoms with van der Waals surface area (Å²) in [5.74, 6) is -0.978. The Morgan fingerprint density at radius 3 is 0.771 bits per heavy atom. The first-order valence-electron chi connectivity index (χ1n) is 33.3. The van der Waals surface area contributed by atoms with Gasteiger partial charge in [0.25, 0.3) is 0 Å². The van der Waals surface area contributed by atoms with Crippen molar-refractivity contribution in [2.45, 2.75) is 271 Å². The van der Waals surface area contributed by atoms with Gasteiger partial charge in [-0.25, -0.2) is 0 Å². The van der Waals surface area contributed by atoms with E-state index >= 15 is 0 Å². The van der Waals surface area contributed by atoms with Crippen molar-refractivity contribution in [3.05, 3.63) is 182 Å². The van der Waals surface area contributed by atoms with Crippen LogP contribution in [0.5, 0.6) is 0 Å². The fourth-order valence-electron chi connectivity index (χ4n) is 8.44. The van der Waals surface area contributed by atoms with Gasteiger partial charge in [0, 0.05) is 19.3 Å². The zero-order chi connectivity index (χ0) is 59.9. The Labute approximate surface area is 510 Å². The van der Waals surface area contributed by atoms with Crippen LogP contribution in [-0.4, -0.2) is 37.2 Å². The molecule has 0 radical (unpaired) electrons. The van der Waals surface area contributed by atoms with E-state index in [1.807, 2.05) is 0 Å². The monoisotopic (exact) mass is 1140 g/mol. The van der Waals surface area contributed by atoms with E-state index in [4.69, 9.17) is 14.2 Å². The lowest BCUT2D eigenvalue weighted by Crippen LogP contribution is -2.30. The zero-order valence-corrected chi connectivity index (χ0v) is 53.1. The molecule has 0 aromatic heterocycles. The number of rotatable bonds is 58. The van der Waals surface area contributed by atoms with Gasteiger partial charge in [0.05, 0.1) is 0 Å². The number of unbranched alkanes of at least 4 members (excludes halogenated alkanes) is 17. The number of carbonyl (C=O) groups is 3. The summed E-state index contributed by atoms with van der Waals surface area (Å²) in [6.45, 7) is 6.31. The molecule has 1 atom stereocenters. The third-order valence-corrected chi connectivity index (χ3v) is 13.4. The lowest BCUT2D eigenvalue weighted by molar-refractivity contribution is -0.167. The molecule has 0 saturated carbocycles. The van der Waals surface area contributed by atoms with Crippen molar-refractivity contribution < 1.29 is 28.6 Å². The van der Waals surface area contributed by atoms with Crippen LogP contribution in [0.4, 0.5) is 0 Å². The molecule has 0 amide bonds. The van der Waals surface area contributed by atoms with E-state index < -0.39 is 6.10 Å². The average molecular weight is 1140 g/mol. The minimum Gasteiger partial charge on any atom is -0.462 e. The Bertz CT molecular complexity index is 1940. The van der Waals surface area contributed by atoms with E-state index in [0.717, 1.165) is 161 Å². The molecule has 0 heterocycles. The van der Waals surface area contributed by atoms with Gasteiger partial charge < -0.3 is 14.2 Å². The van der Waals surface area contributed by atoms with Gasteiger partial charge in [-0.3, -0.25) is 14.4 Å². The third kappa shape index (κ3) is 67.2. The summed E-state index contributed by atoms with van der Waals surface area (Å²) in [6.07, 6.45) is 103. The predicted molar refractivity (Wildman–Crippen MR) is 361 cm³/mol. The Kier molecular flexibility index (Phi) is 64.4. The maximum absolute atomic E-state index is 12.9. The standard InChI is InChI=1S/C77H120O6/c1-4-7-10-13-16-19-22-24-26-28-30-32-33-34-35-36-37-38-39-40-41-42-43-45-46-48-50-52-55-58-61-64-67-70-76(79)82-73-74(72-81-75(78)69-66-63-60-57-54-21-18-15-12-9-6-3)83-77(80)71-68-65-62-59-56-53-51-49-47-44-31-29-27-25-23-20-17-14-11-8-5-2/h7-8,10-11,15-20,24-27,30-32,34-35,37-38,40-41,43-45,49,51,56,59,74H,4-6,9,12-14,21-23,28-29,33,36,39,42,46-48,50,52-55,57-58,60-73H2,1-3H3/b10-7-,11-8-,18-15-,19-16-,20-17-,26-24-,27-25-,32-30-,35-34-,38-37-,41-40-,44-31-,45-43-,51-49-,59-56-. The maximum Gasteiger partial charge on any atom is 0.306 e. The highest BCUT2D eigenvalue weighted by molar-refractivity contribution is 5.71. The molecule has 0 aromatic carbocycles. The molecule has 0 aliphatic heterocycles. The molecule has 464 valence electrons. The van der Waals surface area contributed by atoms with Crippen LogP contribution in [0.2, 0.25) is 0 Å². The Balaban J connectivity index is 4.36. The van der Waals surface area contributed by atoms with Crippen LogP contribution in [0.25, 0.3) is 0 Å². The summed E-state index contributed by atoms with van der Waals surface area (Å²) < 4.78 is 16.9. The first kappa shape index (κ1) is 77.5. The van der Waals surface area contributed by atoms with Crippen molar-refractivity contribution >= 4 is 17.9 Å². The van der Waals surface area contributed by atoms with E-state index in [1.165, 1.54) is 57.8 Å². The summed E-state index contributed by atoms with van der Waals surface area (Å²) in [6, 6.07) is 0. The Hall–Kier alpha value is -5.49. The fraction of sp³-hybridized carbons (Fsp3) is 0.571. The summed E-state index contributed by atoms with van der Waals surface area (Å²) in [7, 11) is 0. The summed E-state index contributed by atoms with van der Waals surface area (Å²) in [5, 5.41) is 0. The average Bonchev–Trinajstić information content (AvgIpc) is 3.48. The van der Waals surface area contributed by atoms with E-state index in [0.29, 0.717) is 19.3 Å². The molecule has 6 nitrogen and oxygen atoms in total. The van der Waals surface area contributed by atoms with Gasteiger partial charge in [0.2, 0.25) is 0 Å². The first-order valence-corrected chi connectivity index (χ1v) is 33.3. The van der Waals surface area contributed by atoms with Crippen molar-refractivity contribution in [1.82, 2.24) is 0 Å². The number of esters is 3. The van der Waals surface area contributed by atoms with E-state index in [1.54, 1.807) is 0 Å². The Morgan fingerprint density at radius 1 is 0.253 bits per heavy atom. The minimum absolute atomic E-state index is 0.110. The van der Waals surface area contributed by atoms with Crippen LogP contribution in [0, 0.1) is 0 Å². The topological polar surface area (TPSA) is 78.9 Å². The summed E-state index contributed by atoms with van der Waals surface area (Å²) in [5.41, 5.74) is 0. The fourth-order valence-corrected chi connectivity index (χ4v) is 8.44. The van der Waals surface area contributed by atoms with Crippen molar-refractivity contribution in [3.8, 4) is 0 Å². The molecule has 0 saturated heterocycles. The molecule has 0 aromatic rings. The third-order valence-electron chi connectivity index (χ3n) is 13.4. The number of allylic oxidation sites excluding steroid dienone is 30. The second-order valence-corrected chi connectivity index (χ2v) is 21.3. The lowest BCUT2D eigenvalue weighted by atomic mass is 10.1. The second kappa shape index (κ2) is 69.0. The van der Waals surface area contributed by atoms with Crippen molar-refractivity contribution in [1.29, 1.82) is 0 Å². The number of hydrogen-bond acceptors (Lipinski definition) is 6. The van der Waals surface area contributed by atoms with Gasteiger partial charge in [0.15, 0.2) is 6.10 Å². The quantitative estimate of drug-likeness (QED) is 0.0261. The van der Waals surface area contributed by atoms with Gasteiger partial charge in [-0.1, -0.05) is 274 Å². The molecule has 0 N–H and O–H groups in total. The smallest absolute Gasteiger partial charge is 0.306 e. The molecule has 0 spiro atoms. The number of carbonyl (C=O) groups excluding carboxylic acids is 3.